The van der Waals surface area contributed by atoms with E-state index in [1.54, 1.807) is 18.3 Å². The number of hydrogen-bond donors (Lipinski definition) is 0. The summed E-state index contributed by atoms with van der Waals surface area (Å²) in [5, 5.41) is 22.4. The van der Waals surface area contributed by atoms with Crippen molar-refractivity contribution < 1.29 is 19.3 Å². The van der Waals surface area contributed by atoms with E-state index in [1.165, 1.54) is 7.11 Å². The molecule has 0 N–H and O–H groups in total. The molecule has 0 spiro atoms. The maximum Gasteiger partial charge on any atom is 0.318 e. The predicted octanol–water partition coefficient (Wildman–Crippen LogP) is 6.02. The molecule has 3 aromatic carbocycles. The van der Waals surface area contributed by atoms with Crippen molar-refractivity contribution in [3.8, 4) is 17.2 Å². The Morgan fingerprint density at radius 3 is 2.29 bits per heavy atom. The van der Waals surface area contributed by atoms with Gasteiger partial charge in [0.1, 0.15) is 0 Å². The zero-order valence-electron chi connectivity index (χ0n) is 16.4. The average Bonchev–Trinajstić information content (AvgIpc) is 2.74. The molecule has 3 rings (SSSR count). The SMILES string of the molecule is COc1cc(C=Nc2ccc(C)cc2)cc(Cl)c1Oc1ccc([N+](=O)[O-])cc1[N+](=O)[O-]. The van der Waals surface area contributed by atoms with Gasteiger partial charge >= 0.3 is 5.69 Å². The quantitative estimate of drug-likeness (QED) is 0.251. The van der Waals surface area contributed by atoms with Crippen molar-refractivity contribution in [1.82, 2.24) is 0 Å². The van der Waals surface area contributed by atoms with Crippen LogP contribution in [0.4, 0.5) is 17.1 Å². The van der Waals surface area contributed by atoms with E-state index in [-0.39, 0.29) is 22.3 Å². The lowest BCUT2D eigenvalue weighted by Crippen LogP contribution is -1.98. The minimum absolute atomic E-state index is 0.0357. The second kappa shape index (κ2) is 9.23. The van der Waals surface area contributed by atoms with Crippen LogP contribution in [0.2, 0.25) is 5.02 Å². The van der Waals surface area contributed by atoms with Crippen LogP contribution < -0.4 is 9.47 Å². The molecular weight excluding hydrogens is 426 g/mol. The fourth-order valence-corrected chi connectivity index (χ4v) is 2.91. The van der Waals surface area contributed by atoms with Gasteiger partial charge in [-0.3, -0.25) is 25.2 Å². The molecule has 0 bridgehead atoms. The van der Waals surface area contributed by atoms with Gasteiger partial charge < -0.3 is 9.47 Å². The highest BCUT2D eigenvalue weighted by atomic mass is 35.5. The van der Waals surface area contributed by atoms with Crippen molar-refractivity contribution in [3.63, 3.8) is 0 Å². The summed E-state index contributed by atoms with van der Waals surface area (Å²) < 4.78 is 10.9. The van der Waals surface area contributed by atoms with Crippen LogP contribution in [0.5, 0.6) is 17.2 Å². The van der Waals surface area contributed by atoms with Crippen LogP contribution in [-0.4, -0.2) is 23.2 Å². The number of nitro benzene ring substituents is 2. The monoisotopic (exact) mass is 441 g/mol. The summed E-state index contributed by atoms with van der Waals surface area (Å²) in [6, 6.07) is 13.8. The second-order valence-corrected chi connectivity index (χ2v) is 6.80. The lowest BCUT2D eigenvalue weighted by molar-refractivity contribution is -0.394. The van der Waals surface area contributed by atoms with Crippen molar-refractivity contribution in [3.05, 3.63) is 91.0 Å². The number of aliphatic imine (C=N–C) groups is 1. The Balaban J connectivity index is 1.95. The third kappa shape index (κ3) is 5.14. The van der Waals surface area contributed by atoms with Crippen molar-refractivity contribution >= 4 is 34.9 Å². The average molecular weight is 442 g/mol. The Bertz CT molecular complexity index is 1180. The first-order chi connectivity index (χ1) is 14.8. The number of non-ortho nitro benzene ring substituents is 1. The number of nitrogens with zero attached hydrogens (tertiary/aromatic N) is 3. The van der Waals surface area contributed by atoms with E-state index >= 15 is 0 Å². The molecule has 0 saturated carbocycles. The molecule has 0 amide bonds. The number of nitro groups is 2. The zero-order chi connectivity index (χ0) is 22.5. The van der Waals surface area contributed by atoms with Gasteiger partial charge in [0, 0.05) is 12.3 Å². The van der Waals surface area contributed by atoms with Gasteiger partial charge in [-0.2, -0.15) is 0 Å². The molecule has 3 aromatic rings. The topological polar surface area (TPSA) is 117 Å². The molecule has 0 fully saturated rings. The summed E-state index contributed by atoms with van der Waals surface area (Å²) in [4.78, 5) is 25.1. The fourth-order valence-electron chi connectivity index (χ4n) is 2.65. The van der Waals surface area contributed by atoms with E-state index in [0.29, 0.717) is 5.56 Å². The van der Waals surface area contributed by atoms with Crippen molar-refractivity contribution in [1.29, 1.82) is 0 Å². The molecule has 158 valence electrons. The first kappa shape index (κ1) is 21.7. The molecule has 0 aromatic heterocycles. The Hall–Kier alpha value is -3.98. The summed E-state index contributed by atoms with van der Waals surface area (Å²) >= 11 is 6.33. The number of aryl methyl sites for hydroxylation is 1. The third-order valence-corrected chi connectivity index (χ3v) is 4.49. The van der Waals surface area contributed by atoms with E-state index in [4.69, 9.17) is 21.1 Å². The van der Waals surface area contributed by atoms with E-state index in [0.717, 1.165) is 29.4 Å². The van der Waals surface area contributed by atoms with E-state index in [1.807, 2.05) is 31.2 Å². The van der Waals surface area contributed by atoms with Crippen LogP contribution in [0.1, 0.15) is 11.1 Å². The number of rotatable bonds is 7. The molecule has 0 saturated heterocycles. The minimum atomic E-state index is -0.773. The Kier molecular flexibility index (Phi) is 6.46. The predicted molar refractivity (Wildman–Crippen MR) is 116 cm³/mol. The highest BCUT2D eigenvalue weighted by molar-refractivity contribution is 6.32. The van der Waals surface area contributed by atoms with Gasteiger partial charge in [-0.25, -0.2) is 0 Å². The Labute approximate surface area is 181 Å². The summed E-state index contributed by atoms with van der Waals surface area (Å²) in [6.45, 7) is 1.98. The number of methoxy groups -OCH3 is 1. The molecule has 9 nitrogen and oxygen atoms in total. The lowest BCUT2D eigenvalue weighted by Gasteiger charge is -2.13. The molecule has 0 atom stereocenters. The highest BCUT2D eigenvalue weighted by Crippen LogP contribution is 2.42. The van der Waals surface area contributed by atoms with Gasteiger partial charge in [0.05, 0.1) is 33.7 Å². The number of halogens is 1. The molecule has 0 unspecified atom stereocenters. The maximum atomic E-state index is 11.3. The third-order valence-electron chi connectivity index (χ3n) is 4.21. The zero-order valence-corrected chi connectivity index (χ0v) is 17.2. The molecule has 0 aliphatic rings. The normalized spacial score (nSPS) is 10.8. The Morgan fingerprint density at radius 1 is 0.968 bits per heavy atom. The van der Waals surface area contributed by atoms with Gasteiger partial charge in [0.15, 0.2) is 11.5 Å². The molecule has 31 heavy (non-hydrogen) atoms. The summed E-state index contributed by atoms with van der Waals surface area (Å²) in [6.07, 6.45) is 1.59. The first-order valence-electron chi connectivity index (χ1n) is 8.87. The molecule has 0 heterocycles. The highest BCUT2D eigenvalue weighted by Gasteiger charge is 2.23. The molecule has 0 aliphatic heterocycles. The fraction of sp³-hybridized carbons (Fsp3) is 0.0952. The summed E-state index contributed by atoms with van der Waals surface area (Å²) in [5.41, 5.74) is 1.48. The largest absolute Gasteiger partial charge is 0.493 e. The van der Waals surface area contributed by atoms with Crippen molar-refractivity contribution in [2.75, 3.05) is 7.11 Å². The van der Waals surface area contributed by atoms with Crippen LogP contribution in [0.25, 0.3) is 0 Å². The Morgan fingerprint density at radius 2 is 1.68 bits per heavy atom. The summed E-state index contributed by atoms with van der Waals surface area (Å²) in [7, 11) is 1.39. The van der Waals surface area contributed by atoms with Crippen LogP contribution in [0.3, 0.4) is 0 Å². The van der Waals surface area contributed by atoms with Crippen LogP contribution in [0, 0.1) is 27.2 Å². The first-order valence-corrected chi connectivity index (χ1v) is 9.25. The van der Waals surface area contributed by atoms with Crippen LogP contribution >= 0.6 is 11.6 Å². The standard InChI is InChI=1S/C21H16ClN3O6/c1-13-3-5-15(6-4-13)23-12-14-9-17(22)21(20(10-14)30-2)31-19-8-7-16(24(26)27)11-18(19)25(28)29/h3-12H,1-2H3. The van der Waals surface area contributed by atoms with Crippen molar-refractivity contribution in [2.24, 2.45) is 4.99 Å². The number of benzene rings is 3. The maximum absolute atomic E-state index is 11.3. The second-order valence-electron chi connectivity index (χ2n) is 6.40. The molecular formula is C21H16ClN3O6. The van der Waals surface area contributed by atoms with Gasteiger partial charge in [-0.1, -0.05) is 29.3 Å². The lowest BCUT2D eigenvalue weighted by atomic mass is 10.2. The van der Waals surface area contributed by atoms with Gasteiger partial charge in [0.2, 0.25) is 5.75 Å². The van der Waals surface area contributed by atoms with Crippen LogP contribution in [-0.2, 0) is 0 Å². The van der Waals surface area contributed by atoms with Crippen LogP contribution in [0.15, 0.2) is 59.6 Å². The van der Waals surface area contributed by atoms with E-state index in [9.17, 15) is 20.2 Å². The minimum Gasteiger partial charge on any atom is -0.493 e. The van der Waals surface area contributed by atoms with Gasteiger partial charge in [-0.15, -0.1) is 0 Å². The number of ether oxygens (including phenoxy) is 2. The molecule has 10 heteroatoms. The molecule has 0 aliphatic carbocycles. The molecule has 0 radical (unpaired) electrons. The van der Waals surface area contributed by atoms with Gasteiger partial charge in [-0.05, 0) is 42.8 Å². The van der Waals surface area contributed by atoms with E-state index in [2.05, 4.69) is 4.99 Å². The summed E-state index contributed by atoms with van der Waals surface area (Å²) in [5.74, 6) is 0.0379. The van der Waals surface area contributed by atoms with Gasteiger partial charge in [0.25, 0.3) is 5.69 Å². The smallest absolute Gasteiger partial charge is 0.318 e. The van der Waals surface area contributed by atoms with E-state index < -0.39 is 21.2 Å². The van der Waals surface area contributed by atoms with Crippen molar-refractivity contribution in [2.45, 2.75) is 6.92 Å². The number of hydrogen-bond acceptors (Lipinski definition) is 7.